The maximum Gasteiger partial charge on any atom is 0.338 e. The minimum Gasteiger partial charge on any atom is -0.460 e. The number of benzene rings is 1. The van der Waals surface area contributed by atoms with E-state index in [-0.39, 0.29) is 36.3 Å². The topological polar surface area (TPSA) is 83.2 Å². The lowest BCUT2D eigenvalue weighted by atomic mass is 9.59. The number of allylic oxidation sites excluding steroid dienone is 1. The number of pyridine rings is 1. The van der Waals surface area contributed by atoms with Crippen molar-refractivity contribution in [1.29, 1.82) is 5.26 Å². The molecule has 2 fully saturated rings. The monoisotopic (exact) mass is 452 g/mol. The van der Waals surface area contributed by atoms with E-state index < -0.39 is 11.6 Å². The molecule has 1 aliphatic carbocycles. The van der Waals surface area contributed by atoms with Gasteiger partial charge in [-0.15, -0.1) is 12.4 Å². The molecule has 0 spiro atoms. The van der Waals surface area contributed by atoms with Gasteiger partial charge in [0.15, 0.2) is 5.60 Å². The van der Waals surface area contributed by atoms with Crippen molar-refractivity contribution in [3.8, 4) is 17.2 Å². The van der Waals surface area contributed by atoms with Crippen molar-refractivity contribution in [2.75, 3.05) is 0 Å². The molecule has 1 aliphatic heterocycles. The summed E-state index contributed by atoms with van der Waals surface area (Å²) in [6.45, 7) is 6.16. The summed E-state index contributed by atoms with van der Waals surface area (Å²) in [7, 11) is 0. The van der Waals surface area contributed by atoms with Gasteiger partial charge in [-0.2, -0.15) is 5.26 Å². The van der Waals surface area contributed by atoms with Gasteiger partial charge in [0.2, 0.25) is 0 Å². The molecule has 6 atom stereocenters. The smallest absolute Gasteiger partial charge is 0.338 e. The van der Waals surface area contributed by atoms with Gasteiger partial charge in [-0.25, -0.2) is 4.79 Å². The van der Waals surface area contributed by atoms with Crippen LogP contribution in [-0.4, -0.2) is 27.8 Å². The minimum atomic E-state index is -1.40. The quantitative estimate of drug-likeness (QED) is 0.657. The summed E-state index contributed by atoms with van der Waals surface area (Å²) >= 11 is 0. The lowest BCUT2D eigenvalue weighted by Crippen LogP contribution is -2.53. The zero-order valence-electron chi connectivity index (χ0n) is 18.6. The van der Waals surface area contributed by atoms with Crippen LogP contribution in [0.5, 0.6) is 0 Å². The zero-order valence-corrected chi connectivity index (χ0v) is 19.4. The number of nitrogens with zero attached hydrogens (tertiary/aromatic N) is 2. The number of rotatable bonds is 4. The standard InChI is InChI=1S/C26H28N2O3.ClH/c1-4-22-16(2)13-26(30)24(17(3)31-25(26)29)23(22)11-10-21-9-8-20(15-28-21)19-7-5-6-18(12-19)14-27;/h5-12,15-17,22-24,30H,4,13H2,1-3H3;1H/b11-10+;/t16-,17+,22+,23-,24-,26-;/m0./s1. The molecule has 1 aromatic heterocycles. The number of carbonyl (C=O) groups excluding carboxylic acids is 1. The molecule has 2 aliphatic rings. The fraction of sp³-hybridized carbons (Fsp3) is 0.423. The average molecular weight is 453 g/mol. The number of aliphatic hydroxyl groups is 1. The van der Waals surface area contributed by atoms with Crippen molar-refractivity contribution in [2.24, 2.45) is 23.7 Å². The first-order chi connectivity index (χ1) is 14.9. The first-order valence-electron chi connectivity index (χ1n) is 11.0. The molecule has 2 aromatic rings. The summed E-state index contributed by atoms with van der Waals surface area (Å²) in [4.78, 5) is 17.0. The molecule has 1 aromatic carbocycles. The Kier molecular flexibility index (Phi) is 7.07. The second-order valence-electron chi connectivity index (χ2n) is 8.91. The van der Waals surface area contributed by atoms with Gasteiger partial charge in [0, 0.05) is 17.7 Å². The third-order valence-electron chi connectivity index (χ3n) is 7.05. The van der Waals surface area contributed by atoms with Crippen LogP contribution in [0.1, 0.15) is 44.9 Å². The lowest BCUT2D eigenvalue weighted by Gasteiger charge is -2.45. The van der Waals surface area contributed by atoms with E-state index in [1.54, 1.807) is 12.3 Å². The molecule has 5 nitrogen and oxygen atoms in total. The Bertz CT molecular complexity index is 1050. The molecule has 1 N–H and O–H groups in total. The number of aromatic nitrogens is 1. The number of hydrogen-bond acceptors (Lipinski definition) is 5. The van der Waals surface area contributed by atoms with E-state index in [1.807, 2.05) is 43.3 Å². The van der Waals surface area contributed by atoms with E-state index in [9.17, 15) is 9.90 Å². The van der Waals surface area contributed by atoms with E-state index in [4.69, 9.17) is 10.00 Å². The summed E-state index contributed by atoms with van der Waals surface area (Å²) in [5.74, 6) is -0.0979. The Balaban J connectivity index is 0.00000289. The Morgan fingerprint density at radius 3 is 2.72 bits per heavy atom. The van der Waals surface area contributed by atoms with Gasteiger partial charge in [0.05, 0.1) is 17.3 Å². The molecule has 2 heterocycles. The third kappa shape index (κ3) is 4.18. The highest BCUT2D eigenvalue weighted by molar-refractivity contribution is 5.85. The van der Waals surface area contributed by atoms with Crippen molar-refractivity contribution in [1.82, 2.24) is 4.98 Å². The summed E-state index contributed by atoms with van der Waals surface area (Å²) in [6.07, 6.45) is 7.02. The highest BCUT2D eigenvalue weighted by Gasteiger charge is 2.62. The Morgan fingerprint density at radius 1 is 1.28 bits per heavy atom. The van der Waals surface area contributed by atoms with Crippen molar-refractivity contribution in [2.45, 2.75) is 45.3 Å². The van der Waals surface area contributed by atoms with Crippen LogP contribution in [0.25, 0.3) is 17.2 Å². The summed E-state index contributed by atoms with van der Waals surface area (Å²) in [5.41, 5.74) is 1.94. The van der Waals surface area contributed by atoms with Crippen LogP contribution in [0.2, 0.25) is 0 Å². The predicted molar refractivity (Wildman–Crippen MR) is 126 cm³/mol. The summed E-state index contributed by atoms with van der Waals surface area (Å²) in [5, 5.41) is 20.3. The van der Waals surface area contributed by atoms with Gasteiger partial charge in [0.1, 0.15) is 6.10 Å². The van der Waals surface area contributed by atoms with Gasteiger partial charge in [0.25, 0.3) is 0 Å². The third-order valence-corrected chi connectivity index (χ3v) is 7.05. The maximum absolute atomic E-state index is 12.4. The highest BCUT2D eigenvalue weighted by Crippen LogP contribution is 2.52. The lowest BCUT2D eigenvalue weighted by molar-refractivity contribution is -0.160. The van der Waals surface area contributed by atoms with E-state index >= 15 is 0 Å². The Labute approximate surface area is 195 Å². The molecule has 6 heteroatoms. The van der Waals surface area contributed by atoms with Crippen molar-refractivity contribution < 1.29 is 14.6 Å². The molecule has 0 unspecified atom stereocenters. The van der Waals surface area contributed by atoms with Crippen molar-refractivity contribution in [3.05, 3.63) is 59.9 Å². The van der Waals surface area contributed by atoms with Gasteiger partial charge in [-0.05, 0) is 60.9 Å². The summed E-state index contributed by atoms with van der Waals surface area (Å²) in [6, 6.07) is 13.6. The number of esters is 1. The van der Waals surface area contributed by atoms with Crippen LogP contribution in [-0.2, 0) is 9.53 Å². The van der Waals surface area contributed by atoms with Crippen molar-refractivity contribution in [3.63, 3.8) is 0 Å². The molecule has 1 saturated heterocycles. The second-order valence-corrected chi connectivity index (χ2v) is 8.91. The van der Waals surface area contributed by atoms with Gasteiger partial charge in [-0.1, -0.05) is 44.5 Å². The predicted octanol–water partition coefficient (Wildman–Crippen LogP) is 5.03. The maximum atomic E-state index is 12.4. The molecule has 32 heavy (non-hydrogen) atoms. The second kappa shape index (κ2) is 9.44. The highest BCUT2D eigenvalue weighted by atomic mass is 35.5. The van der Waals surface area contributed by atoms with E-state index in [0.29, 0.717) is 17.9 Å². The van der Waals surface area contributed by atoms with E-state index in [1.165, 1.54) is 0 Å². The van der Waals surface area contributed by atoms with Crippen LogP contribution in [0, 0.1) is 35.0 Å². The number of ether oxygens (including phenoxy) is 1. The Morgan fingerprint density at radius 2 is 2.06 bits per heavy atom. The van der Waals surface area contributed by atoms with E-state index in [2.05, 4.69) is 31.0 Å². The number of nitriles is 1. The number of hydrogen-bond donors (Lipinski definition) is 1. The van der Waals surface area contributed by atoms with Gasteiger partial charge < -0.3 is 9.84 Å². The molecular formula is C26H29ClN2O3. The molecule has 1 saturated carbocycles. The minimum absolute atomic E-state index is 0. The van der Waals surface area contributed by atoms with Crippen LogP contribution in [0.15, 0.2) is 48.7 Å². The van der Waals surface area contributed by atoms with Crippen LogP contribution < -0.4 is 0 Å². The average Bonchev–Trinajstić information content (AvgIpc) is 2.99. The number of fused-ring (bicyclic) bond motifs is 1. The van der Waals surface area contributed by atoms with Crippen molar-refractivity contribution >= 4 is 24.5 Å². The largest absolute Gasteiger partial charge is 0.460 e. The SMILES string of the molecule is CC[C@H]1[C@H](/C=C/c2ccc(-c3cccc(C#N)c3)cn2)[C@@H]2[C@@H](C)OC(=O)[C@]2(O)C[C@@H]1C.Cl. The van der Waals surface area contributed by atoms with Gasteiger partial charge in [-0.3, -0.25) is 4.98 Å². The molecular weight excluding hydrogens is 424 g/mol. The summed E-state index contributed by atoms with van der Waals surface area (Å²) < 4.78 is 5.46. The number of cyclic esters (lactones) is 1. The molecule has 0 radical (unpaired) electrons. The zero-order chi connectivity index (χ0) is 22.2. The van der Waals surface area contributed by atoms with E-state index in [0.717, 1.165) is 23.2 Å². The molecule has 0 bridgehead atoms. The number of halogens is 1. The normalized spacial score (nSPS) is 31.5. The van der Waals surface area contributed by atoms with Gasteiger partial charge >= 0.3 is 5.97 Å². The number of carbonyl (C=O) groups is 1. The fourth-order valence-electron chi connectivity index (χ4n) is 5.60. The first kappa shape index (κ1) is 24.0. The van der Waals surface area contributed by atoms with Crippen LogP contribution in [0.3, 0.4) is 0 Å². The molecule has 4 rings (SSSR count). The fourth-order valence-corrected chi connectivity index (χ4v) is 5.60. The van der Waals surface area contributed by atoms with Crippen LogP contribution >= 0.6 is 12.4 Å². The molecule has 0 amide bonds. The first-order valence-corrected chi connectivity index (χ1v) is 11.0. The Hall–Kier alpha value is -2.68. The van der Waals surface area contributed by atoms with Crippen LogP contribution in [0.4, 0.5) is 0 Å². The molecule has 168 valence electrons.